The fraction of sp³-hybridized carbons (Fsp3) is 0.0909. The Morgan fingerprint density at radius 2 is 1.94 bits per heavy atom. The Balaban J connectivity index is 2.86. The average molecular weight is 284 g/mol. The Hall–Kier alpha value is -1.62. The zero-order valence-electron chi connectivity index (χ0n) is 8.55. The highest BCUT2D eigenvalue weighted by atomic mass is 79.9. The fourth-order valence-corrected chi connectivity index (χ4v) is 1.65. The number of carbonyl (C=O) groups excluding carboxylic acids is 1. The lowest BCUT2D eigenvalue weighted by Crippen LogP contribution is -2.24. The molecule has 1 N–H and O–H groups in total. The first-order valence-corrected chi connectivity index (χ1v) is 5.25. The molecule has 4 nitrogen and oxygen atoms in total. The summed E-state index contributed by atoms with van der Waals surface area (Å²) in [5.74, 6) is -1.54. The number of nitrogens with zero attached hydrogens (tertiary/aromatic N) is 1. The summed E-state index contributed by atoms with van der Waals surface area (Å²) in [6.45, 7) is 0. The zero-order chi connectivity index (χ0) is 12.1. The number of likely N-dealkylation sites (N-methyl/N-ethyl adjacent to an activating group) is 1. The zero-order valence-corrected chi connectivity index (χ0v) is 10.1. The number of hydrogen-bond acceptors (Lipinski definition) is 2. The smallest absolute Gasteiger partial charge is 0.328 e. The monoisotopic (exact) mass is 283 g/mol. The number of para-hydroxylation sites is 1. The molecule has 0 bridgehead atoms. The van der Waals surface area contributed by atoms with E-state index in [1.54, 1.807) is 25.2 Å². The van der Waals surface area contributed by atoms with Crippen molar-refractivity contribution in [2.75, 3.05) is 11.9 Å². The first-order chi connectivity index (χ1) is 7.52. The molecule has 0 saturated heterocycles. The van der Waals surface area contributed by atoms with Crippen LogP contribution >= 0.6 is 15.9 Å². The summed E-state index contributed by atoms with van der Waals surface area (Å²) < 4.78 is 0.773. The highest BCUT2D eigenvalue weighted by Gasteiger charge is 2.10. The van der Waals surface area contributed by atoms with E-state index in [2.05, 4.69) is 15.9 Å². The van der Waals surface area contributed by atoms with Crippen LogP contribution in [-0.4, -0.2) is 24.0 Å². The minimum absolute atomic E-state index is 0.394. The van der Waals surface area contributed by atoms with Crippen molar-refractivity contribution in [3.8, 4) is 0 Å². The molecule has 0 aromatic heterocycles. The average Bonchev–Trinajstić information content (AvgIpc) is 2.25. The number of halogens is 1. The van der Waals surface area contributed by atoms with Crippen LogP contribution in [0.4, 0.5) is 5.69 Å². The molecule has 0 unspecified atom stereocenters. The Morgan fingerprint density at radius 1 is 1.31 bits per heavy atom. The van der Waals surface area contributed by atoms with Crippen molar-refractivity contribution in [3.63, 3.8) is 0 Å². The Bertz CT molecular complexity index is 443. The molecule has 0 saturated carbocycles. The third-order valence-electron chi connectivity index (χ3n) is 1.91. The number of amides is 1. The molecular weight excluding hydrogens is 274 g/mol. The van der Waals surface area contributed by atoms with Crippen LogP contribution in [0.5, 0.6) is 0 Å². The van der Waals surface area contributed by atoms with Crippen molar-refractivity contribution in [2.24, 2.45) is 0 Å². The summed E-state index contributed by atoms with van der Waals surface area (Å²) in [4.78, 5) is 23.2. The quantitative estimate of drug-likeness (QED) is 0.864. The molecule has 0 aliphatic carbocycles. The number of benzene rings is 1. The maximum Gasteiger partial charge on any atom is 0.328 e. The molecule has 0 radical (unpaired) electrons. The molecule has 84 valence electrons. The van der Waals surface area contributed by atoms with Crippen LogP contribution in [-0.2, 0) is 9.59 Å². The SMILES string of the molecule is CN(C(=O)/C=C/C(=O)O)c1ccccc1Br. The first kappa shape index (κ1) is 12.4. The summed E-state index contributed by atoms with van der Waals surface area (Å²) in [5.41, 5.74) is 0.683. The second-order valence-electron chi connectivity index (χ2n) is 3.02. The van der Waals surface area contributed by atoms with Gasteiger partial charge in [-0.3, -0.25) is 4.79 Å². The number of anilines is 1. The maximum atomic E-state index is 11.6. The van der Waals surface area contributed by atoms with E-state index in [1.807, 2.05) is 6.07 Å². The molecule has 0 aliphatic heterocycles. The first-order valence-electron chi connectivity index (χ1n) is 4.45. The van der Waals surface area contributed by atoms with E-state index in [9.17, 15) is 9.59 Å². The lowest BCUT2D eigenvalue weighted by molar-refractivity contribution is -0.131. The van der Waals surface area contributed by atoms with Crippen molar-refractivity contribution in [1.82, 2.24) is 0 Å². The topological polar surface area (TPSA) is 57.6 Å². The summed E-state index contributed by atoms with van der Waals surface area (Å²) in [7, 11) is 1.58. The van der Waals surface area contributed by atoms with Gasteiger partial charge in [0.1, 0.15) is 0 Å². The third kappa shape index (κ3) is 3.20. The fourth-order valence-electron chi connectivity index (χ4n) is 1.10. The van der Waals surface area contributed by atoms with Crippen LogP contribution in [0.15, 0.2) is 40.9 Å². The van der Waals surface area contributed by atoms with Crippen LogP contribution in [0.1, 0.15) is 0 Å². The Labute approximate surface area is 101 Å². The van der Waals surface area contributed by atoms with E-state index >= 15 is 0 Å². The van der Waals surface area contributed by atoms with Gasteiger partial charge in [0.15, 0.2) is 0 Å². The molecule has 1 aromatic rings. The van der Waals surface area contributed by atoms with E-state index in [0.29, 0.717) is 5.69 Å². The van der Waals surface area contributed by atoms with E-state index in [0.717, 1.165) is 16.6 Å². The van der Waals surface area contributed by atoms with Crippen molar-refractivity contribution in [1.29, 1.82) is 0 Å². The lowest BCUT2D eigenvalue weighted by Gasteiger charge is -2.16. The molecule has 5 heteroatoms. The lowest BCUT2D eigenvalue weighted by atomic mass is 10.3. The van der Waals surface area contributed by atoms with Crippen molar-refractivity contribution >= 4 is 33.5 Å². The highest BCUT2D eigenvalue weighted by molar-refractivity contribution is 9.10. The van der Waals surface area contributed by atoms with Gasteiger partial charge in [0.25, 0.3) is 5.91 Å². The summed E-state index contributed by atoms with van der Waals surface area (Å²) in [5, 5.41) is 8.40. The molecule has 0 heterocycles. The number of hydrogen-bond donors (Lipinski definition) is 1. The van der Waals surface area contributed by atoms with Gasteiger partial charge in [0, 0.05) is 23.7 Å². The summed E-state index contributed by atoms with van der Waals surface area (Å²) in [6, 6.07) is 7.19. The van der Waals surface area contributed by atoms with Crippen LogP contribution in [0.2, 0.25) is 0 Å². The van der Waals surface area contributed by atoms with Gasteiger partial charge in [0.05, 0.1) is 5.69 Å². The minimum atomic E-state index is -1.14. The van der Waals surface area contributed by atoms with Crippen molar-refractivity contribution < 1.29 is 14.7 Å². The largest absolute Gasteiger partial charge is 0.478 e. The molecule has 0 atom stereocenters. The third-order valence-corrected chi connectivity index (χ3v) is 2.58. The second kappa shape index (κ2) is 5.46. The van der Waals surface area contributed by atoms with E-state index in [-0.39, 0.29) is 0 Å². The number of carboxylic acids is 1. The number of carbonyl (C=O) groups is 2. The van der Waals surface area contributed by atoms with Gasteiger partial charge >= 0.3 is 5.97 Å². The van der Waals surface area contributed by atoms with Gasteiger partial charge in [-0.2, -0.15) is 0 Å². The highest BCUT2D eigenvalue weighted by Crippen LogP contribution is 2.24. The van der Waals surface area contributed by atoms with Gasteiger partial charge in [0.2, 0.25) is 0 Å². The molecule has 1 rings (SSSR count). The van der Waals surface area contributed by atoms with E-state index in [1.165, 1.54) is 4.90 Å². The molecular formula is C11H10BrNO3. The van der Waals surface area contributed by atoms with Crippen LogP contribution in [0, 0.1) is 0 Å². The van der Waals surface area contributed by atoms with E-state index in [4.69, 9.17) is 5.11 Å². The van der Waals surface area contributed by atoms with Crippen LogP contribution in [0.25, 0.3) is 0 Å². The molecule has 0 fully saturated rings. The van der Waals surface area contributed by atoms with Gasteiger partial charge in [-0.05, 0) is 28.1 Å². The maximum absolute atomic E-state index is 11.6. The Kier molecular flexibility index (Phi) is 4.25. The minimum Gasteiger partial charge on any atom is -0.478 e. The number of carboxylic acid groups (broad SMARTS) is 1. The Morgan fingerprint density at radius 3 is 2.50 bits per heavy atom. The van der Waals surface area contributed by atoms with Gasteiger partial charge < -0.3 is 10.0 Å². The standard InChI is InChI=1S/C11H10BrNO3/c1-13(10(14)6-7-11(15)16)9-5-3-2-4-8(9)12/h2-7H,1H3,(H,15,16)/b7-6+. The normalized spacial score (nSPS) is 10.4. The number of aliphatic carboxylic acids is 1. The molecule has 0 spiro atoms. The molecule has 0 aliphatic rings. The molecule has 1 aromatic carbocycles. The summed E-state index contributed by atoms with van der Waals surface area (Å²) in [6.07, 6.45) is 1.83. The number of rotatable bonds is 3. The van der Waals surface area contributed by atoms with Crippen molar-refractivity contribution in [2.45, 2.75) is 0 Å². The van der Waals surface area contributed by atoms with Crippen LogP contribution in [0.3, 0.4) is 0 Å². The van der Waals surface area contributed by atoms with Gasteiger partial charge in [-0.1, -0.05) is 12.1 Å². The predicted octanol–water partition coefficient (Wildman–Crippen LogP) is 2.05. The van der Waals surface area contributed by atoms with E-state index < -0.39 is 11.9 Å². The second-order valence-corrected chi connectivity index (χ2v) is 3.87. The van der Waals surface area contributed by atoms with Gasteiger partial charge in [-0.15, -0.1) is 0 Å². The van der Waals surface area contributed by atoms with Gasteiger partial charge in [-0.25, -0.2) is 4.79 Å². The van der Waals surface area contributed by atoms with Crippen molar-refractivity contribution in [3.05, 3.63) is 40.9 Å². The molecule has 16 heavy (non-hydrogen) atoms. The summed E-state index contributed by atoms with van der Waals surface area (Å²) >= 11 is 3.31. The predicted molar refractivity (Wildman–Crippen MR) is 64.3 cm³/mol. The van der Waals surface area contributed by atoms with Crippen LogP contribution < -0.4 is 4.90 Å². The molecule has 1 amide bonds.